The summed E-state index contributed by atoms with van der Waals surface area (Å²) in [4.78, 5) is 23.0. The third kappa shape index (κ3) is 2.27. The van der Waals surface area contributed by atoms with Gasteiger partial charge in [-0.3, -0.25) is 9.59 Å². The van der Waals surface area contributed by atoms with Gasteiger partial charge >= 0.3 is 0 Å². The molecule has 1 atom stereocenters. The van der Waals surface area contributed by atoms with Crippen molar-refractivity contribution in [3.63, 3.8) is 0 Å². The molecule has 0 saturated carbocycles. The number of hydrogen-bond donors (Lipinski definition) is 0. The van der Waals surface area contributed by atoms with Crippen LogP contribution in [0.4, 0.5) is 0 Å². The van der Waals surface area contributed by atoms with E-state index < -0.39 is 12.2 Å². The fourth-order valence-corrected chi connectivity index (χ4v) is 1.23. The van der Waals surface area contributed by atoms with Crippen molar-refractivity contribution in [2.24, 2.45) is 5.92 Å². The third-order valence-corrected chi connectivity index (χ3v) is 2.09. The number of rotatable bonds is 4. The van der Waals surface area contributed by atoms with Crippen molar-refractivity contribution in [3.05, 3.63) is 12.2 Å². The minimum Gasteiger partial charge on any atom is -0.344 e. The van der Waals surface area contributed by atoms with Gasteiger partial charge in [0.1, 0.15) is 0 Å². The smallest absolute Gasteiger partial charge is 0.218 e. The molecule has 1 saturated heterocycles. The van der Waals surface area contributed by atoms with Gasteiger partial charge in [-0.25, -0.2) is 0 Å². The monoisotopic (exact) mass is 198 g/mol. The van der Waals surface area contributed by atoms with Gasteiger partial charge in [-0.1, -0.05) is 6.58 Å². The maximum Gasteiger partial charge on any atom is 0.218 e. The Bertz CT molecular complexity index is 263. The van der Waals surface area contributed by atoms with Gasteiger partial charge in [0.15, 0.2) is 11.6 Å². The van der Waals surface area contributed by atoms with Gasteiger partial charge in [0.2, 0.25) is 6.29 Å². The average molecular weight is 198 g/mol. The summed E-state index contributed by atoms with van der Waals surface area (Å²) in [6.07, 6.45) is -0.867. The molecule has 1 rings (SSSR count). The van der Waals surface area contributed by atoms with Crippen molar-refractivity contribution in [1.29, 1.82) is 0 Å². The summed E-state index contributed by atoms with van der Waals surface area (Å²) in [5.74, 6) is -1.31. The Labute approximate surface area is 82.9 Å². The molecule has 1 aliphatic heterocycles. The summed E-state index contributed by atoms with van der Waals surface area (Å²) in [7, 11) is 0. The molecule has 78 valence electrons. The predicted molar refractivity (Wildman–Crippen MR) is 49.7 cm³/mol. The third-order valence-electron chi connectivity index (χ3n) is 2.09. The van der Waals surface area contributed by atoms with Crippen LogP contribution in [0.1, 0.15) is 13.8 Å². The molecule has 1 heterocycles. The lowest BCUT2D eigenvalue weighted by Gasteiger charge is -2.13. The highest BCUT2D eigenvalue weighted by Gasteiger charge is 2.32. The SMILES string of the molecule is C=C(C)C(=O)C(C)C(=O)C1OCCO1. The minimum atomic E-state index is -0.867. The molecule has 1 unspecified atom stereocenters. The first-order valence-electron chi connectivity index (χ1n) is 4.50. The second kappa shape index (κ2) is 4.48. The predicted octanol–water partition coefficient (Wildman–Crippen LogP) is 0.710. The van der Waals surface area contributed by atoms with E-state index >= 15 is 0 Å². The number of Topliss-reactive ketones (excluding diaryl/α,β-unsaturated/α-hetero) is 2. The second-order valence-electron chi connectivity index (χ2n) is 3.34. The van der Waals surface area contributed by atoms with Gasteiger partial charge in [-0.15, -0.1) is 0 Å². The highest BCUT2D eigenvalue weighted by atomic mass is 16.7. The molecule has 0 spiro atoms. The van der Waals surface area contributed by atoms with Gasteiger partial charge in [0.25, 0.3) is 0 Å². The summed E-state index contributed by atoms with van der Waals surface area (Å²) in [6.45, 7) is 7.45. The molecule has 1 aliphatic rings. The standard InChI is InChI=1S/C10H14O4/c1-6(2)8(11)7(3)9(12)10-13-4-5-14-10/h7,10H,1,4-5H2,2-3H3. The van der Waals surface area contributed by atoms with Gasteiger partial charge in [-0.05, 0) is 19.4 Å². The Morgan fingerprint density at radius 2 is 1.86 bits per heavy atom. The van der Waals surface area contributed by atoms with Crippen LogP contribution in [0.25, 0.3) is 0 Å². The van der Waals surface area contributed by atoms with Crippen LogP contribution < -0.4 is 0 Å². The van der Waals surface area contributed by atoms with E-state index in [0.29, 0.717) is 18.8 Å². The Morgan fingerprint density at radius 1 is 1.36 bits per heavy atom. The lowest BCUT2D eigenvalue weighted by atomic mass is 9.97. The van der Waals surface area contributed by atoms with E-state index in [4.69, 9.17) is 9.47 Å². The zero-order valence-electron chi connectivity index (χ0n) is 8.41. The molecule has 0 aromatic rings. The Balaban J connectivity index is 2.59. The first kappa shape index (κ1) is 11.1. The number of hydrogen-bond acceptors (Lipinski definition) is 4. The molecule has 0 aromatic carbocycles. The highest BCUT2D eigenvalue weighted by molar-refractivity contribution is 6.10. The van der Waals surface area contributed by atoms with Crippen LogP contribution in [-0.2, 0) is 19.1 Å². The van der Waals surface area contributed by atoms with Gasteiger partial charge in [-0.2, -0.15) is 0 Å². The maximum absolute atomic E-state index is 11.6. The van der Waals surface area contributed by atoms with Crippen LogP contribution in [0.15, 0.2) is 12.2 Å². The Morgan fingerprint density at radius 3 is 2.29 bits per heavy atom. The molecule has 1 fully saturated rings. The van der Waals surface area contributed by atoms with Crippen LogP contribution in [0.2, 0.25) is 0 Å². The van der Waals surface area contributed by atoms with E-state index in [-0.39, 0.29) is 11.6 Å². The largest absolute Gasteiger partial charge is 0.344 e. The number of carbonyl (C=O) groups excluding carboxylic acids is 2. The fraction of sp³-hybridized carbons (Fsp3) is 0.600. The average Bonchev–Trinajstić information content (AvgIpc) is 2.67. The van der Waals surface area contributed by atoms with Crippen LogP contribution in [0, 0.1) is 5.92 Å². The summed E-state index contributed by atoms with van der Waals surface area (Å²) in [6, 6.07) is 0. The van der Waals surface area contributed by atoms with E-state index in [1.165, 1.54) is 0 Å². The lowest BCUT2D eigenvalue weighted by molar-refractivity contribution is -0.150. The Hall–Kier alpha value is -1.00. The summed E-state index contributed by atoms with van der Waals surface area (Å²) in [5.41, 5.74) is 0.379. The van der Waals surface area contributed by atoms with E-state index in [0.717, 1.165) is 0 Å². The van der Waals surface area contributed by atoms with Crippen molar-refractivity contribution >= 4 is 11.6 Å². The minimum absolute atomic E-state index is 0.255. The van der Waals surface area contributed by atoms with Crippen molar-refractivity contribution in [1.82, 2.24) is 0 Å². The molecule has 0 bridgehead atoms. The van der Waals surface area contributed by atoms with Crippen LogP contribution in [0.3, 0.4) is 0 Å². The van der Waals surface area contributed by atoms with Crippen molar-refractivity contribution in [2.75, 3.05) is 13.2 Å². The lowest BCUT2D eigenvalue weighted by Crippen LogP contribution is -2.32. The van der Waals surface area contributed by atoms with Gasteiger partial charge in [0.05, 0.1) is 19.1 Å². The van der Waals surface area contributed by atoms with Gasteiger partial charge in [0, 0.05) is 0 Å². The van der Waals surface area contributed by atoms with Gasteiger partial charge < -0.3 is 9.47 Å². The molecule has 4 heteroatoms. The van der Waals surface area contributed by atoms with Crippen LogP contribution in [-0.4, -0.2) is 31.1 Å². The molecule has 0 amide bonds. The molecule has 0 N–H and O–H groups in total. The Kier molecular flexibility index (Phi) is 3.55. The highest BCUT2D eigenvalue weighted by Crippen LogP contribution is 2.13. The van der Waals surface area contributed by atoms with Crippen molar-refractivity contribution < 1.29 is 19.1 Å². The first-order valence-corrected chi connectivity index (χ1v) is 4.50. The number of allylic oxidation sites excluding steroid dienone is 1. The summed E-state index contributed by atoms with van der Waals surface area (Å²) < 4.78 is 10.0. The first-order chi connectivity index (χ1) is 6.54. The number of ketones is 2. The van der Waals surface area contributed by atoms with Crippen LogP contribution >= 0.6 is 0 Å². The molecule has 0 aromatic heterocycles. The molecular weight excluding hydrogens is 184 g/mol. The molecular formula is C10H14O4. The normalized spacial score (nSPS) is 19.3. The molecule has 0 radical (unpaired) electrons. The van der Waals surface area contributed by atoms with E-state index in [9.17, 15) is 9.59 Å². The molecule has 0 aliphatic carbocycles. The van der Waals surface area contributed by atoms with E-state index in [2.05, 4.69) is 6.58 Å². The quantitative estimate of drug-likeness (QED) is 0.493. The molecule has 4 nitrogen and oxygen atoms in total. The second-order valence-corrected chi connectivity index (χ2v) is 3.34. The van der Waals surface area contributed by atoms with E-state index in [1.807, 2.05) is 0 Å². The van der Waals surface area contributed by atoms with E-state index in [1.54, 1.807) is 13.8 Å². The van der Waals surface area contributed by atoms with Crippen LogP contribution in [0.5, 0.6) is 0 Å². The summed E-state index contributed by atoms with van der Waals surface area (Å²) >= 11 is 0. The summed E-state index contributed by atoms with van der Waals surface area (Å²) in [5, 5.41) is 0. The number of ether oxygens (including phenoxy) is 2. The van der Waals surface area contributed by atoms with Crippen molar-refractivity contribution in [2.45, 2.75) is 20.1 Å². The topological polar surface area (TPSA) is 52.6 Å². The maximum atomic E-state index is 11.6. The number of carbonyl (C=O) groups is 2. The fourth-order valence-electron chi connectivity index (χ4n) is 1.23. The zero-order chi connectivity index (χ0) is 10.7. The molecule has 14 heavy (non-hydrogen) atoms. The van der Waals surface area contributed by atoms with Crippen molar-refractivity contribution in [3.8, 4) is 0 Å². The zero-order valence-corrected chi connectivity index (χ0v) is 8.41.